The summed E-state index contributed by atoms with van der Waals surface area (Å²) in [7, 11) is 0. The van der Waals surface area contributed by atoms with E-state index in [1.165, 1.54) is 24.6 Å². The molecule has 6 heteroatoms. The lowest BCUT2D eigenvalue weighted by atomic mass is 10.2. The van der Waals surface area contributed by atoms with E-state index in [0.29, 0.717) is 17.0 Å². The summed E-state index contributed by atoms with van der Waals surface area (Å²) in [5.41, 5.74) is 0.993. The van der Waals surface area contributed by atoms with Crippen molar-refractivity contribution in [1.82, 2.24) is 20.5 Å². The van der Waals surface area contributed by atoms with E-state index >= 15 is 0 Å². The molecule has 1 heterocycles. The number of hydrogen-bond acceptors (Lipinski definition) is 4. The molecule has 0 aliphatic heterocycles. The van der Waals surface area contributed by atoms with Crippen LogP contribution in [0.3, 0.4) is 0 Å². The van der Waals surface area contributed by atoms with Gasteiger partial charge in [-0.15, -0.1) is 5.10 Å². The molecular weight excluding hydrogens is 284 g/mol. The second-order valence-electron chi connectivity index (χ2n) is 5.17. The number of carbonyl (C=O) groups is 1. The van der Waals surface area contributed by atoms with Crippen LogP contribution in [0.1, 0.15) is 25.7 Å². The van der Waals surface area contributed by atoms with Crippen LogP contribution in [0.25, 0.3) is 11.4 Å². The van der Waals surface area contributed by atoms with Gasteiger partial charge in [0.05, 0.1) is 5.75 Å². The smallest absolute Gasteiger partial charge is 0.230 e. The van der Waals surface area contributed by atoms with Crippen molar-refractivity contribution in [3.63, 3.8) is 0 Å². The summed E-state index contributed by atoms with van der Waals surface area (Å²) >= 11 is 1.36. The van der Waals surface area contributed by atoms with Crippen LogP contribution in [-0.2, 0) is 4.79 Å². The second-order valence-corrected chi connectivity index (χ2v) is 6.11. The number of H-pyrrole nitrogens is 1. The molecule has 1 aliphatic carbocycles. The van der Waals surface area contributed by atoms with Crippen molar-refractivity contribution in [3.8, 4) is 11.4 Å². The fourth-order valence-corrected chi connectivity index (χ4v) is 3.12. The third kappa shape index (κ3) is 3.85. The van der Waals surface area contributed by atoms with E-state index in [2.05, 4.69) is 20.5 Å². The van der Waals surface area contributed by atoms with E-state index in [1.807, 2.05) is 30.3 Å². The Kier molecular flexibility index (Phi) is 4.55. The zero-order valence-corrected chi connectivity index (χ0v) is 12.5. The van der Waals surface area contributed by atoms with Crippen LogP contribution in [0.2, 0.25) is 0 Å². The molecule has 1 aliphatic rings. The van der Waals surface area contributed by atoms with E-state index in [9.17, 15) is 4.79 Å². The third-order valence-corrected chi connectivity index (χ3v) is 4.41. The number of benzene rings is 1. The Morgan fingerprint density at radius 3 is 2.81 bits per heavy atom. The number of nitrogens with one attached hydrogen (secondary N) is 2. The van der Waals surface area contributed by atoms with Crippen molar-refractivity contribution in [2.24, 2.45) is 0 Å². The molecular formula is C15H18N4OS. The van der Waals surface area contributed by atoms with Crippen LogP contribution in [0.15, 0.2) is 35.5 Å². The predicted molar refractivity (Wildman–Crippen MR) is 82.9 cm³/mol. The summed E-state index contributed by atoms with van der Waals surface area (Å²) in [5.74, 6) is 1.16. The number of rotatable bonds is 5. The SMILES string of the molecule is O=C(CSc1n[nH]c(-c2ccccc2)n1)NC1CCCC1. The highest BCUT2D eigenvalue weighted by Gasteiger charge is 2.17. The molecule has 2 aromatic rings. The lowest BCUT2D eigenvalue weighted by molar-refractivity contribution is -0.119. The summed E-state index contributed by atoms with van der Waals surface area (Å²) in [6, 6.07) is 10.2. The molecule has 3 rings (SSSR count). The number of aromatic nitrogens is 3. The van der Waals surface area contributed by atoms with Crippen molar-refractivity contribution in [1.29, 1.82) is 0 Å². The monoisotopic (exact) mass is 302 g/mol. The van der Waals surface area contributed by atoms with Crippen LogP contribution < -0.4 is 5.32 Å². The first-order valence-corrected chi connectivity index (χ1v) is 8.20. The van der Waals surface area contributed by atoms with Gasteiger partial charge in [0.15, 0.2) is 5.82 Å². The van der Waals surface area contributed by atoms with Gasteiger partial charge in [0.2, 0.25) is 11.1 Å². The Balaban J connectivity index is 1.51. The van der Waals surface area contributed by atoms with Gasteiger partial charge in [-0.25, -0.2) is 4.98 Å². The molecule has 0 atom stereocenters. The van der Waals surface area contributed by atoms with Crippen LogP contribution in [0.5, 0.6) is 0 Å². The van der Waals surface area contributed by atoms with Gasteiger partial charge in [0.1, 0.15) is 0 Å². The summed E-state index contributed by atoms with van der Waals surface area (Å²) in [4.78, 5) is 16.3. The van der Waals surface area contributed by atoms with Crippen LogP contribution in [0, 0.1) is 0 Å². The highest BCUT2D eigenvalue weighted by atomic mass is 32.2. The first-order valence-electron chi connectivity index (χ1n) is 7.21. The van der Waals surface area contributed by atoms with Crippen molar-refractivity contribution >= 4 is 17.7 Å². The first kappa shape index (κ1) is 14.1. The molecule has 1 aromatic carbocycles. The average molecular weight is 302 g/mol. The topological polar surface area (TPSA) is 70.7 Å². The van der Waals surface area contributed by atoms with Crippen LogP contribution in [0.4, 0.5) is 0 Å². The minimum atomic E-state index is 0.0676. The Hall–Kier alpha value is -1.82. The van der Waals surface area contributed by atoms with E-state index in [4.69, 9.17) is 0 Å². The van der Waals surface area contributed by atoms with Crippen molar-refractivity contribution in [2.45, 2.75) is 36.9 Å². The molecule has 2 N–H and O–H groups in total. The summed E-state index contributed by atoms with van der Waals surface area (Å²) in [6.07, 6.45) is 4.66. The molecule has 0 radical (unpaired) electrons. The lowest BCUT2D eigenvalue weighted by Crippen LogP contribution is -2.33. The fraction of sp³-hybridized carbons (Fsp3) is 0.400. The second kappa shape index (κ2) is 6.76. The van der Waals surface area contributed by atoms with Crippen molar-refractivity contribution < 1.29 is 4.79 Å². The zero-order chi connectivity index (χ0) is 14.5. The highest BCUT2D eigenvalue weighted by molar-refractivity contribution is 7.99. The number of aromatic amines is 1. The average Bonchev–Trinajstić information content (AvgIpc) is 3.17. The minimum absolute atomic E-state index is 0.0676. The standard InChI is InChI=1S/C15H18N4OS/c20-13(16-12-8-4-5-9-12)10-21-15-17-14(18-19-15)11-6-2-1-3-7-11/h1-3,6-7,12H,4-5,8-10H2,(H,16,20)(H,17,18,19). The molecule has 0 bridgehead atoms. The Labute approximate surface area is 127 Å². The maximum atomic E-state index is 11.9. The van der Waals surface area contributed by atoms with E-state index in [1.54, 1.807) is 0 Å². The van der Waals surface area contributed by atoms with Gasteiger partial charge in [-0.1, -0.05) is 54.9 Å². The van der Waals surface area contributed by atoms with E-state index in [-0.39, 0.29) is 5.91 Å². The van der Waals surface area contributed by atoms with Gasteiger partial charge in [-0.05, 0) is 12.8 Å². The maximum Gasteiger partial charge on any atom is 0.230 e. The number of carbonyl (C=O) groups excluding carboxylic acids is 1. The largest absolute Gasteiger partial charge is 0.353 e. The van der Waals surface area contributed by atoms with Gasteiger partial charge in [0, 0.05) is 11.6 Å². The Morgan fingerprint density at radius 2 is 2.05 bits per heavy atom. The van der Waals surface area contributed by atoms with Crippen molar-refractivity contribution in [3.05, 3.63) is 30.3 Å². The van der Waals surface area contributed by atoms with E-state index < -0.39 is 0 Å². The van der Waals surface area contributed by atoms with Gasteiger partial charge in [-0.2, -0.15) is 0 Å². The van der Waals surface area contributed by atoms with Crippen LogP contribution >= 0.6 is 11.8 Å². The van der Waals surface area contributed by atoms with Gasteiger partial charge in [0.25, 0.3) is 0 Å². The number of thioether (sulfide) groups is 1. The minimum Gasteiger partial charge on any atom is -0.353 e. The zero-order valence-electron chi connectivity index (χ0n) is 11.7. The number of nitrogens with zero attached hydrogens (tertiary/aromatic N) is 2. The van der Waals surface area contributed by atoms with Gasteiger partial charge >= 0.3 is 0 Å². The molecule has 110 valence electrons. The Bertz CT molecular complexity index is 593. The predicted octanol–water partition coefficient (Wildman–Crippen LogP) is 2.62. The quantitative estimate of drug-likeness (QED) is 0.833. The van der Waals surface area contributed by atoms with Gasteiger partial charge in [-0.3, -0.25) is 9.89 Å². The molecule has 1 saturated carbocycles. The molecule has 0 unspecified atom stereocenters. The molecule has 1 fully saturated rings. The lowest BCUT2D eigenvalue weighted by Gasteiger charge is -2.10. The van der Waals surface area contributed by atoms with E-state index in [0.717, 1.165) is 24.2 Å². The Morgan fingerprint density at radius 1 is 1.29 bits per heavy atom. The molecule has 0 saturated heterocycles. The van der Waals surface area contributed by atoms with Gasteiger partial charge < -0.3 is 5.32 Å². The third-order valence-electron chi connectivity index (χ3n) is 3.56. The van der Waals surface area contributed by atoms with Crippen molar-refractivity contribution in [2.75, 3.05) is 5.75 Å². The molecule has 5 nitrogen and oxygen atoms in total. The summed E-state index contributed by atoms with van der Waals surface area (Å²) in [6.45, 7) is 0. The maximum absolute atomic E-state index is 11.9. The van der Waals surface area contributed by atoms with Crippen LogP contribution in [-0.4, -0.2) is 32.9 Å². The summed E-state index contributed by atoms with van der Waals surface area (Å²) in [5, 5.41) is 10.7. The fourth-order valence-electron chi connectivity index (χ4n) is 2.51. The molecule has 0 spiro atoms. The number of amides is 1. The highest BCUT2D eigenvalue weighted by Crippen LogP contribution is 2.20. The molecule has 21 heavy (non-hydrogen) atoms. The number of hydrogen-bond donors (Lipinski definition) is 2. The first-order chi connectivity index (χ1) is 10.3. The normalized spacial score (nSPS) is 15.2. The summed E-state index contributed by atoms with van der Waals surface area (Å²) < 4.78 is 0. The molecule has 1 amide bonds. The molecule has 1 aromatic heterocycles.